The predicted octanol–water partition coefficient (Wildman–Crippen LogP) is 7.37. The maximum atomic E-state index is 3.90. The van der Waals surface area contributed by atoms with Crippen molar-refractivity contribution in [2.75, 3.05) is 30.4 Å². The lowest BCUT2D eigenvalue weighted by molar-refractivity contribution is 0.325. The molecule has 0 amide bonds. The largest absolute Gasteiger partial charge is 0.371 e. The van der Waals surface area contributed by atoms with Crippen molar-refractivity contribution in [2.45, 2.75) is 46.0 Å². The van der Waals surface area contributed by atoms with Crippen LogP contribution in [0.1, 0.15) is 57.1 Å². The predicted molar refractivity (Wildman–Crippen MR) is 137 cm³/mol. The van der Waals surface area contributed by atoms with Gasteiger partial charge in [0, 0.05) is 48.5 Å². The topological polar surface area (TPSA) is 18.5 Å². The molecule has 2 aromatic rings. The van der Waals surface area contributed by atoms with Crippen LogP contribution in [0.3, 0.4) is 0 Å². The van der Waals surface area contributed by atoms with Crippen molar-refractivity contribution >= 4 is 22.8 Å². The molecular weight excluding hydrogens is 378 g/mol. The second-order valence-corrected chi connectivity index (χ2v) is 8.05. The molecule has 1 fully saturated rings. The number of hydrogen-bond donors (Lipinski definition) is 1. The molecule has 1 saturated heterocycles. The fourth-order valence-corrected chi connectivity index (χ4v) is 4.32. The molecule has 164 valence electrons. The van der Waals surface area contributed by atoms with E-state index in [1.165, 1.54) is 47.5 Å². The van der Waals surface area contributed by atoms with E-state index in [9.17, 15) is 0 Å². The Kier molecular flexibility index (Phi) is 8.40. The third-order valence-electron chi connectivity index (χ3n) is 5.85. The van der Waals surface area contributed by atoms with Gasteiger partial charge in [0.2, 0.25) is 0 Å². The minimum Gasteiger partial charge on any atom is -0.371 e. The molecule has 0 spiro atoms. The number of piperidine rings is 1. The second kappa shape index (κ2) is 11.5. The molecule has 0 aliphatic carbocycles. The number of rotatable bonds is 9. The van der Waals surface area contributed by atoms with Gasteiger partial charge in [0.1, 0.15) is 0 Å². The van der Waals surface area contributed by atoms with Gasteiger partial charge >= 0.3 is 0 Å². The van der Waals surface area contributed by atoms with Crippen LogP contribution in [-0.2, 0) is 0 Å². The van der Waals surface area contributed by atoms with Crippen molar-refractivity contribution < 1.29 is 0 Å². The first kappa shape index (κ1) is 22.7. The highest BCUT2D eigenvalue weighted by Crippen LogP contribution is 2.35. The van der Waals surface area contributed by atoms with Gasteiger partial charge in [0.05, 0.1) is 0 Å². The van der Waals surface area contributed by atoms with E-state index >= 15 is 0 Å². The van der Waals surface area contributed by atoms with Gasteiger partial charge < -0.3 is 15.1 Å². The van der Waals surface area contributed by atoms with Crippen LogP contribution in [-0.4, -0.2) is 25.0 Å². The van der Waals surface area contributed by atoms with Gasteiger partial charge in [-0.2, -0.15) is 0 Å². The Morgan fingerprint density at radius 3 is 2.35 bits per heavy atom. The van der Waals surface area contributed by atoms with Gasteiger partial charge in [0.15, 0.2) is 0 Å². The molecule has 1 N–H and O–H groups in total. The Morgan fingerprint density at radius 1 is 1.00 bits per heavy atom. The number of hydrogen-bond acceptors (Lipinski definition) is 3. The Hall–Kier alpha value is -2.94. The summed E-state index contributed by atoms with van der Waals surface area (Å²) in [7, 11) is 2.16. The van der Waals surface area contributed by atoms with Crippen molar-refractivity contribution in [3.63, 3.8) is 0 Å². The molecule has 3 heteroatoms. The minimum absolute atomic E-state index is 0.992. The van der Waals surface area contributed by atoms with Gasteiger partial charge in [0.25, 0.3) is 0 Å². The highest BCUT2D eigenvalue weighted by atomic mass is 15.1. The molecule has 1 aliphatic heterocycles. The van der Waals surface area contributed by atoms with E-state index in [-0.39, 0.29) is 0 Å². The zero-order valence-electron chi connectivity index (χ0n) is 19.4. The Morgan fingerprint density at radius 2 is 1.71 bits per heavy atom. The molecule has 0 aromatic heterocycles. The molecule has 2 aromatic carbocycles. The summed E-state index contributed by atoms with van der Waals surface area (Å²) in [5, 5.41) is 3.37. The summed E-state index contributed by atoms with van der Waals surface area (Å²) in [5.41, 5.74) is 7.35. The van der Waals surface area contributed by atoms with Crippen molar-refractivity contribution in [2.24, 2.45) is 0 Å². The van der Waals surface area contributed by atoms with E-state index < -0.39 is 0 Å². The summed E-state index contributed by atoms with van der Waals surface area (Å²) in [6.45, 7) is 10.6. The molecule has 3 nitrogen and oxygen atoms in total. The summed E-state index contributed by atoms with van der Waals surface area (Å²) >= 11 is 0. The lowest BCUT2D eigenvalue weighted by Gasteiger charge is -2.33. The molecule has 1 aliphatic rings. The van der Waals surface area contributed by atoms with Gasteiger partial charge in [-0.3, -0.25) is 0 Å². The lowest BCUT2D eigenvalue weighted by atomic mass is 10.0. The summed E-state index contributed by atoms with van der Waals surface area (Å²) in [4.78, 5) is 4.86. The van der Waals surface area contributed by atoms with Gasteiger partial charge in [-0.05, 0) is 62.1 Å². The summed E-state index contributed by atoms with van der Waals surface area (Å²) in [6.07, 6.45) is 12.3. The van der Waals surface area contributed by atoms with E-state index in [4.69, 9.17) is 0 Å². The molecular formula is C28H37N3. The fraction of sp³-hybridized carbons (Fsp3) is 0.357. The van der Waals surface area contributed by atoms with E-state index in [0.717, 1.165) is 31.6 Å². The maximum Gasteiger partial charge on any atom is 0.0475 e. The third-order valence-corrected chi connectivity index (χ3v) is 5.85. The highest BCUT2D eigenvalue weighted by molar-refractivity contribution is 5.84. The molecule has 1 heterocycles. The van der Waals surface area contributed by atoms with E-state index in [0.29, 0.717) is 0 Å². The second-order valence-electron chi connectivity index (χ2n) is 8.05. The van der Waals surface area contributed by atoms with Crippen LogP contribution in [0, 0.1) is 0 Å². The first-order chi connectivity index (χ1) is 15.2. The quantitative estimate of drug-likeness (QED) is 0.461. The van der Waals surface area contributed by atoms with E-state index in [1.807, 2.05) is 0 Å². The minimum atomic E-state index is 0.992. The number of nitrogens with zero attached hydrogens (tertiary/aromatic N) is 2. The Labute approximate surface area is 188 Å². The van der Waals surface area contributed by atoms with Crippen LogP contribution >= 0.6 is 0 Å². The van der Waals surface area contributed by atoms with Crippen molar-refractivity contribution in [1.82, 2.24) is 4.90 Å². The van der Waals surface area contributed by atoms with Crippen molar-refractivity contribution in [3.05, 3.63) is 84.6 Å². The molecule has 0 atom stereocenters. The standard InChI is InChI=1S/C28H37N3/c1-5-14-27(23-16-10-8-11-17-23)30(4)24-18-19-26(29-7-3)25(22-24)28(15-6-2)31-20-12-9-13-21-31/h7-8,10-11,14-19,22,29H,3,5-6,9,12-13,20-21H2,1-2,4H3/b27-14+,28-15+. The Bertz CT molecular complexity index is 905. The van der Waals surface area contributed by atoms with Gasteiger partial charge in [-0.1, -0.05) is 62.9 Å². The van der Waals surface area contributed by atoms with Gasteiger partial charge in [-0.25, -0.2) is 0 Å². The van der Waals surface area contributed by atoms with Crippen molar-refractivity contribution in [3.8, 4) is 0 Å². The monoisotopic (exact) mass is 415 g/mol. The van der Waals surface area contributed by atoms with E-state index in [1.54, 1.807) is 6.20 Å². The highest BCUT2D eigenvalue weighted by Gasteiger charge is 2.19. The van der Waals surface area contributed by atoms with Crippen LogP contribution in [0.4, 0.5) is 11.4 Å². The third kappa shape index (κ3) is 5.61. The first-order valence-electron chi connectivity index (χ1n) is 11.7. The number of benzene rings is 2. The van der Waals surface area contributed by atoms with Crippen LogP contribution in [0.5, 0.6) is 0 Å². The lowest BCUT2D eigenvalue weighted by Crippen LogP contribution is -2.28. The fourth-order valence-electron chi connectivity index (χ4n) is 4.32. The Balaban J connectivity index is 2.05. The molecule has 31 heavy (non-hydrogen) atoms. The number of likely N-dealkylation sites (tertiary alicyclic amines) is 1. The number of allylic oxidation sites excluding steroid dienone is 2. The van der Waals surface area contributed by atoms with Crippen LogP contribution in [0.2, 0.25) is 0 Å². The smallest absolute Gasteiger partial charge is 0.0475 e. The average Bonchev–Trinajstić information content (AvgIpc) is 2.82. The van der Waals surface area contributed by atoms with E-state index in [2.05, 4.69) is 103 Å². The first-order valence-corrected chi connectivity index (χ1v) is 11.7. The molecule has 0 saturated carbocycles. The summed E-state index contributed by atoms with van der Waals surface area (Å²) in [6, 6.07) is 17.4. The molecule has 0 bridgehead atoms. The SMILES string of the molecule is C=CNc1ccc(N(C)/C(=C/CC)c2ccccc2)cc1/C(=C\CC)N1CCCCC1. The number of anilines is 2. The molecule has 0 radical (unpaired) electrons. The van der Waals surface area contributed by atoms with Crippen LogP contribution < -0.4 is 10.2 Å². The summed E-state index contributed by atoms with van der Waals surface area (Å²) in [5.74, 6) is 0. The van der Waals surface area contributed by atoms with Crippen molar-refractivity contribution in [1.29, 1.82) is 0 Å². The zero-order chi connectivity index (χ0) is 22.1. The molecule has 3 rings (SSSR count). The number of nitrogens with one attached hydrogen (secondary N) is 1. The normalized spacial score (nSPS) is 15.0. The van der Waals surface area contributed by atoms with Crippen LogP contribution in [0.15, 0.2) is 73.5 Å². The van der Waals surface area contributed by atoms with Gasteiger partial charge in [-0.15, -0.1) is 0 Å². The molecule has 0 unspecified atom stereocenters. The van der Waals surface area contributed by atoms with Crippen LogP contribution in [0.25, 0.3) is 11.4 Å². The maximum absolute atomic E-state index is 3.90. The average molecular weight is 416 g/mol. The zero-order valence-corrected chi connectivity index (χ0v) is 19.4. The summed E-state index contributed by atoms with van der Waals surface area (Å²) < 4.78 is 0.